The minimum Gasteiger partial charge on any atom is -0.306 e. The predicted molar refractivity (Wildman–Crippen MR) is 141 cm³/mol. The number of fused-ring (bicyclic) bond motifs is 2. The number of para-hydroxylation sites is 1. The van der Waals surface area contributed by atoms with Crippen LogP contribution in [0.3, 0.4) is 0 Å². The molecule has 0 aliphatic rings. The third-order valence-corrected chi connectivity index (χ3v) is 7.47. The summed E-state index contributed by atoms with van der Waals surface area (Å²) >= 11 is 7.63. The van der Waals surface area contributed by atoms with Crippen molar-refractivity contribution in [1.29, 1.82) is 0 Å². The topological polar surface area (TPSA) is 87.6 Å². The van der Waals surface area contributed by atoms with Crippen LogP contribution in [0.1, 0.15) is 17.0 Å². The van der Waals surface area contributed by atoms with Gasteiger partial charge in [0.05, 0.1) is 39.9 Å². The Labute approximate surface area is 213 Å². The summed E-state index contributed by atoms with van der Waals surface area (Å²) in [5.74, 6) is 0. The van der Waals surface area contributed by atoms with Crippen molar-refractivity contribution in [1.82, 2.24) is 28.9 Å². The number of benzene rings is 2. The van der Waals surface area contributed by atoms with Gasteiger partial charge in [0, 0.05) is 24.2 Å². The molecule has 0 radical (unpaired) electrons. The van der Waals surface area contributed by atoms with E-state index in [-0.39, 0.29) is 22.8 Å². The summed E-state index contributed by atoms with van der Waals surface area (Å²) in [5.41, 5.74) is 2.85. The van der Waals surface area contributed by atoms with E-state index in [1.165, 1.54) is 34.4 Å². The Bertz CT molecular complexity index is 1840. The lowest BCUT2D eigenvalue weighted by atomic mass is 10.2. The minimum atomic E-state index is -0.259. The summed E-state index contributed by atoms with van der Waals surface area (Å²) in [5, 5.41) is 1.21. The third kappa shape index (κ3) is 3.73. The summed E-state index contributed by atoms with van der Waals surface area (Å²) in [6.07, 6.45) is 3.02. The van der Waals surface area contributed by atoms with Gasteiger partial charge in [-0.2, -0.15) is 4.68 Å². The monoisotopic (exact) mass is 514 g/mol. The van der Waals surface area contributed by atoms with Crippen LogP contribution in [0.15, 0.2) is 82.6 Å². The van der Waals surface area contributed by atoms with Crippen molar-refractivity contribution in [2.45, 2.75) is 20.0 Å². The molecule has 178 valence electrons. The Morgan fingerprint density at radius 2 is 1.69 bits per heavy atom. The number of thiazole rings is 1. The fraction of sp³-hybridized carbons (Fsp3) is 0.115. The number of halogens is 1. The number of aryl methyl sites for hydroxylation is 1. The van der Waals surface area contributed by atoms with E-state index in [9.17, 15) is 9.59 Å². The van der Waals surface area contributed by atoms with Gasteiger partial charge in [-0.3, -0.25) is 19.3 Å². The normalized spacial score (nSPS) is 11.5. The Kier molecular flexibility index (Phi) is 5.50. The standard InChI is InChI=1S/C26H19ClN6O2S/c1-16-23-20(13-22(34)31(16)15-19-24(27)29-12-11-28-19)32(14-17-7-3-2-4-8-17)33(25(23)35)26-30-18-9-5-6-10-21(18)36-26/h2-13H,14-15H2,1H3. The van der Waals surface area contributed by atoms with Crippen molar-refractivity contribution in [3.05, 3.63) is 116 Å². The largest absolute Gasteiger partial charge is 0.306 e. The Balaban J connectivity index is 1.62. The van der Waals surface area contributed by atoms with Gasteiger partial charge in [-0.15, -0.1) is 0 Å². The van der Waals surface area contributed by atoms with Crippen LogP contribution in [0.2, 0.25) is 5.15 Å². The van der Waals surface area contributed by atoms with Crippen LogP contribution >= 0.6 is 22.9 Å². The number of pyridine rings is 1. The van der Waals surface area contributed by atoms with Crippen molar-refractivity contribution in [3.8, 4) is 5.13 Å². The first kappa shape index (κ1) is 22.4. The number of nitrogens with zero attached hydrogens (tertiary/aromatic N) is 6. The second-order valence-electron chi connectivity index (χ2n) is 8.33. The van der Waals surface area contributed by atoms with E-state index in [2.05, 4.69) is 9.97 Å². The van der Waals surface area contributed by atoms with Crippen LogP contribution in [0, 0.1) is 6.92 Å². The molecule has 4 heterocycles. The van der Waals surface area contributed by atoms with Gasteiger partial charge in [-0.05, 0) is 24.6 Å². The quantitative estimate of drug-likeness (QED) is 0.340. The zero-order valence-electron chi connectivity index (χ0n) is 19.1. The molecule has 0 atom stereocenters. The number of aromatic nitrogens is 6. The van der Waals surface area contributed by atoms with Crippen LogP contribution in [0.4, 0.5) is 0 Å². The van der Waals surface area contributed by atoms with E-state index in [4.69, 9.17) is 16.6 Å². The average Bonchev–Trinajstić information content (AvgIpc) is 3.42. The van der Waals surface area contributed by atoms with Gasteiger partial charge >= 0.3 is 0 Å². The summed E-state index contributed by atoms with van der Waals surface area (Å²) in [4.78, 5) is 40.3. The Morgan fingerprint density at radius 1 is 0.944 bits per heavy atom. The van der Waals surface area contributed by atoms with Gasteiger partial charge in [0.1, 0.15) is 0 Å². The van der Waals surface area contributed by atoms with Gasteiger partial charge in [0.25, 0.3) is 11.1 Å². The van der Waals surface area contributed by atoms with E-state index in [0.29, 0.717) is 34.0 Å². The molecule has 0 saturated heterocycles. The fourth-order valence-corrected chi connectivity index (χ4v) is 5.54. The third-order valence-electron chi connectivity index (χ3n) is 6.14. The predicted octanol–water partition coefficient (Wildman–Crippen LogP) is 4.41. The van der Waals surface area contributed by atoms with E-state index < -0.39 is 0 Å². The van der Waals surface area contributed by atoms with E-state index in [1.807, 2.05) is 59.3 Å². The molecule has 2 aromatic carbocycles. The summed E-state index contributed by atoms with van der Waals surface area (Å²) in [6, 6.07) is 19.1. The molecule has 8 nitrogen and oxygen atoms in total. The maximum absolute atomic E-state index is 14.0. The Hall–Kier alpha value is -4.08. The lowest BCUT2D eigenvalue weighted by molar-refractivity contribution is 0.610. The highest BCUT2D eigenvalue weighted by atomic mass is 35.5. The summed E-state index contributed by atoms with van der Waals surface area (Å²) < 4.78 is 5.90. The molecule has 10 heteroatoms. The molecule has 0 N–H and O–H groups in total. The number of hydrogen-bond donors (Lipinski definition) is 0. The lowest BCUT2D eigenvalue weighted by Crippen LogP contribution is -2.24. The number of rotatable bonds is 5. The molecule has 0 amide bonds. The fourth-order valence-electron chi connectivity index (χ4n) is 4.40. The first-order chi connectivity index (χ1) is 17.5. The maximum atomic E-state index is 14.0. The number of hydrogen-bond acceptors (Lipinski definition) is 6. The van der Waals surface area contributed by atoms with Crippen LogP contribution in [-0.2, 0) is 13.1 Å². The molecule has 0 bridgehead atoms. The second-order valence-corrected chi connectivity index (χ2v) is 9.70. The highest BCUT2D eigenvalue weighted by Crippen LogP contribution is 2.26. The molecule has 36 heavy (non-hydrogen) atoms. The highest BCUT2D eigenvalue weighted by molar-refractivity contribution is 7.20. The molecule has 0 fully saturated rings. The van der Waals surface area contributed by atoms with Crippen molar-refractivity contribution in [2.75, 3.05) is 0 Å². The maximum Gasteiger partial charge on any atom is 0.283 e. The van der Waals surface area contributed by atoms with E-state index in [1.54, 1.807) is 11.6 Å². The van der Waals surface area contributed by atoms with Gasteiger partial charge in [-0.25, -0.2) is 9.97 Å². The minimum absolute atomic E-state index is 0.109. The molecule has 0 unspecified atom stereocenters. The average molecular weight is 515 g/mol. The molecule has 0 aliphatic heterocycles. The van der Waals surface area contributed by atoms with Crippen molar-refractivity contribution >= 4 is 44.1 Å². The highest BCUT2D eigenvalue weighted by Gasteiger charge is 2.22. The van der Waals surface area contributed by atoms with Crippen molar-refractivity contribution in [2.24, 2.45) is 0 Å². The molecule has 0 aliphatic carbocycles. The van der Waals surface area contributed by atoms with Gasteiger partial charge < -0.3 is 4.57 Å². The van der Waals surface area contributed by atoms with Gasteiger partial charge in [0.15, 0.2) is 5.15 Å². The first-order valence-corrected chi connectivity index (χ1v) is 12.4. The molecule has 4 aromatic heterocycles. The SMILES string of the molecule is Cc1c2c(=O)n(-c3nc4ccccc4s3)n(Cc3ccccc3)c2cc(=O)n1Cc1nccnc1Cl. The summed E-state index contributed by atoms with van der Waals surface area (Å²) in [7, 11) is 0. The Morgan fingerprint density at radius 3 is 2.47 bits per heavy atom. The molecule has 6 rings (SSSR count). The van der Waals surface area contributed by atoms with Crippen molar-refractivity contribution < 1.29 is 0 Å². The van der Waals surface area contributed by atoms with Gasteiger partial charge in [0.2, 0.25) is 5.13 Å². The van der Waals surface area contributed by atoms with Crippen LogP contribution in [0.5, 0.6) is 0 Å². The van der Waals surface area contributed by atoms with Crippen molar-refractivity contribution in [3.63, 3.8) is 0 Å². The zero-order chi connectivity index (χ0) is 24.8. The molecule has 0 saturated carbocycles. The summed E-state index contributed by atoms with van der Waals surface area (Å²) in [6.45, 7) is 2.27. The van der Waals surface area contributed by atoms with E-state index in [0.717, 1.165) is 15.8 Å². The molecule has 6 aromatic rings. The zero-order valence-corrected chi connectivity index (χ0v) is 20.7. The van der Waals surface area contributed by atoms with Gasteiger partial charge in [-0.1, -0.05) is 65.4 Å². The molecule has 0 spiro atoms. The molecular formula is C26H19ClN6O2S. The van der Waals surface area contributed by atoms with Crippen LogP contribution < -0.4 is 11.1 Å². The molecular weight excluding hydrogens is 496 g/mol. The smallest absolute Gasteiger partial charge is 0.283 e. The van der Waals surface area contributed by atoms with Crippen LogP contribution in [-0.4, -0.2) is 28.9 Å². The lowest BCUT2D eigenvalue weighted by Gasteiger charge is -2.12. The second kappa shape index (κ2) is 8.85. The van der Waals surface area contributed by atoms with Crippen LogP contribution in [0.25, 0.3) is 26.3 Å². The first-order valence-electron chi connectivity index (χ1n) is 11.2. The van der Waals surface area contributed by atoms with E-state index >= 15 is 0 Å².